The molecule has 0 aliphatic heterocycles. The largest absolute Gasteiger partial charge is 0.309 e. The maximum absolute atomic E-state index is 2.51. The van der Waals surface area contributed by atoms with Crippen molar-refractivity contribution < 1.29 is 0 Å². The van der Waals surface area contributed by atoms with E-state index in [1.807, 2.05) is 0 Å². The second kappa shape index (κ2) is 14.4. The Bertz CT molecular complexity index is 3630. The lowest BCUT2D eigenvalue weighted by molar-refractivity contribution is 0.660. The van der Waals surface area contributed by atoms with Gasteiger partial charge < -0.3 is 9.80 Å². The van der Waals surface area contributed by atoms with Crippen molar-refractivity contribution in [2.45, 2.75) is 19.3 Å². The molecule has 0 saturated heterocycles. The van der Waals surface area contributed by atoms with E-state index in [4.69, 9.17) is 0 Å². The lowest BCUT2D eigenvalue weighted by Crippen LogP contribution is -2.18. The number of hydrogen-bond acceptors (Lipinski definition) is 2. The van der Waals surface area contributed by atoms with Crippen molar-refractivity contribution in [3.05, 3.63) is 242 Å². The van der Waals surface area contributed by atoms with Crippen LogP contribution in [0.25, 0.3) is 75.8 Å². The van der Waals surface area contributed by atoms with Crippen molar-refractivity contribution in [1.29, 1.82) is 0 Å². The van der Waals surface area contributed by atoms with Crippen molar-refractivity contribution in [3.63, 3.8) is 0 Å². The Labute approximate surface area is 378 Å². The molecule has 12 aromatic carbocycles. The fourth-order valence-corrected chi connectivity index (χ4v) is 11.1. The van der Waals surface area contributed by atoms with Crippen LogP contribution in [0.4, 0.5) is 34.1 Å². The van der Waals surface area contributed by atoms with Gasteiger partial charge >= 0.3 is 0 Å². The van der Waals surface area contributed by atoms with Crippen LogP contribution in [0.3, 0.4) is 0 Å². The van der Waals surface area contributed by atoms with Crippen LogP contribution in [0.15, 0.2) is 231 Å². The van der Waals surface area contributed by atoms with E-state index in [1.54, 1.807) is 0 Å². The van der Waals surface area contributed by atoms with Gasteiger partial charge in [0.2, 0.25) is 0 Å². The van der Waals surface area contributed by atoms with Gasteiger partial charge in [0, 0.05) is 38.3 Å². The van der Waals surface area contributed by atoms with Gasteiger partial charge in [-0.1, -0.05) is 196 Å². The fourth-order valence-electron chi connectivity index (χ4n) is 11.1. The van der Waals surface area contributed by atoms with E-state index >= 15 is 0 Å². The lowest BCUT2D eigenvalue weighted by atomic mass is 9.82. The highest BCUT2D eigenvalue weighted by atomic mass is 15.2. The molecule has 0 heterocycles. The molecule has 13 rings (SSSR count). The van der Waals surface area contributed by atoms with Crippen LogP contribution in [-0.4, -0.2) is 0 Å². The molecule has 1 aliphatic rings. The maximum Gasteiger partial charge on any atom is 0.0546 e. The zero-order valence-electron chi connectivity index (χ0n) is 36.3. The Morgan fingerprint density at radius 2 is 0.600 bits per heavy atom. The molecule has 0 radical (unpaired) electrons. The molecule has 2 nitrogen and oxygen atoms in total. The summed E-state index contributed by atoms with van der Waals surface area (Å²) < 4.78 is 0. The zero-order valence-corrected chi connectivity index (χ0v) is 36.3. The second-order valence-corrected chi connectivity index (χ2v) is 18.1. The highest BCUT2D eigenvalue weighted by molar-refractivity contribution is 6.17. The van der Waals surface area contributed by atoms with Crippen LogP contribution in [0, 0.1) is 0 Å². The number of fused-ring (bicyclic) bond motifs is 11. The number of benzene rings is 12. The van der Waals surface area contributed by atoms with Crippen LogP contribution in [0.1, 0.15) is 25.0 Å². The molecule has 0 fully saturated rings. The average molecular weight is 829 g/mol. The van der Waals surface area contributed by atoms with Gasteiger partial charge in [-0.05, 0) is 114 Å². The molecule has 0 bridgehead atoms. The fraction of sp³-hybridized carbons (Fsp3) is 0.0476. The van der Waals surface area contributed by atoms with Gasteiger partial charge in [0.1, 0.15) is 0 Å². The molecule has 0 saturated carbocycles. The van der Waals surface area contributed by atoms with E-state index in [9.17, 15) is 0 Å². The average Bonchev–Trinajstić information content (AvgIpc) is 3.58. The third kappa shape index (κ3) is 5.74. The first kappa shape index (κ1) is 37.4. The minimum atomic E-state index is -0.303. The summed E-state index contributed by atoms with van der Waals surface area (Å²) in [4.78, 5) is 5.02. The molecule has 2 heteroatoms. The minimum Gasteiger partial charge on any atom is -0.309 e. The smallest absolute Gasteiger partial charge is 0.0546 e. The van der Waals surface area contributed by atoms with Gasteiger partial charge in [0.05, 0.1) is 22.7 Å². The number of nitrogens with zero attached hydrogens (tertiary/aromatic N) is 2. The van der Waals surface area contributed by atoms with Crippen LogP contribution < -0.4 is 9.80 Å². The summed E-state index contributed by atoms with van der Waals surface area (Å²) in [5.74, 6) is 0. The van der Waals surface area contributed by atoms with Gasteiger partial charge in [-0.3, -0.25) is 0 Å². The Hall–Kier alpha value is -8.20. The number of hydrogen-bond donors (Lipinski definition) is 0. The topological polar surface area (TPSA) is 6.48 Å². The molecular weight excluding hydrogens is 785 g/mol. The quantitative estimate of drug-likeness (QED) is 0.154. The van der Waals surface area contributed by atoms with Crippen LogP contribution >= 0.6 is 0 Å². The Kier molecular flexibility index (Phi) is 8.29. The van der Waals surface area contributed by atoms with Crippen LogP contribution in [0.5, 0.6) is 0 Å². The molecule has 306 valence electrons. The first-order chi connectivity index (χ1) is 32.0. The molecule has 0 N–H and O–H groups in total. The predicted octanol–water partition coefficient (Wildman–Crippen LogP) is 17.9. The van der Waals surface area contributed by atoms with Crippen molar-refractivity contribution >= 4 is 98.8 Å². The molecule has 0 atom stereocenters. The van der Waals surface area contributed by atoms with Crippen molar-refractivity contribution in [1.82, 2.24) is 0 Å². The molecule has 65 heavy (non-hydrogen) atoms. The van der Waals surface area contributed by atoms with E-state index in [0.717, 1.165) is 22.7 Å². The van der Waals surface area contributed by atoms with Crippen molar-refractivity contribution in [2.75, 3.05) is 9.80 Å². The number of rotatable bonds is 6. The first-order valence-corrected chi connectivity index (χ1v) is 22.7. The summed E-state index contributed by atoms with van der Waals surface area (Å²) in [5, 5.41) is 14.8. The third-order valence-corrected chi connectivity index (χ3v) is 14.1. The molecule has 0 unspecified atom stereocenters. The summed E-state index contributed by atoms with van der Waals surface area (Å²) >= 11 is 0. The summed E-state index contributed by atoms with van der Waals surface area (Å²) in [6.07, 6.45) is 0. The Morgan fingerprint density at radius 3 is 1.03 bits per heavy atom. The SMILES string of the molecule is CC1(C)c2cc(N(c3cccc4ccccc34)c3cc4ccccc4c4ccccc34)ccc2-c2ccc(N(c3cccc4ccccc34)c3cc4ccccc4c4ccccc34)cc21. The van der Waals surface area contributed by atoms with E-state index in [-0.39, 0.29) is 5.41 Å². The highest BCUT2D eigenvalue weighted by Crippen LogP contribution is 2.54. The third-order valence-electron chi connectivity index (χ3n) is 14.1. The van der Waals surface area contributed by atoms with Gasteiger partial charge in [0.25, 0.3) is 0 Å². The molecule has 0 aromatic heterocycles. The van der Waals surface area contributed by atoms with Gasteiger partial charge in [-0.25, -0.2) is 0 Å². The van der Waals surface area contributed by atoms with E-state index in [0.29, 0.717) is 0 Å². The summed E-state index contributed by atoms with van der Waals surface area (Å²) in [7, 11) is 0. The zero-order chi connectivity index (χ0) is 43.2. The first-order valence-electron chi connectivity index (χ1n) is 22.7. The van der Waals surface area contributed by atoms with Crippen molar-refractivity contribution in [3.8, 4) is 11.1 Å². The van der Waals surface area contributed by atoms with Crippen LogP contribution in [-0.2, 0) is 5.41 Å². The highest BCUT2D eigenvalue weighted by Gasteiger charge is 2.37. The molecular formula is C63H44N2. The van der Waals surface area contributed by atoms with Crippen molar-refractivity contribution in [2.24, 2.45) is 0 Å². The Balaban J connectivity index is 1.02. The molecule has 12 aromatic rings. The monoisotopic (exact) mass is 828 g/mol. The summed E-state index contributed by atoms with van der Waals surface area (Å²) in [6, 6.07) is 85.4. The summed E-state index contributed by atoms with van der Waals surface area (Å²) in [5.41, 5.74) is 11.9. The normalized spacial score (nSPS) is 12.9. The second-order valence-electron chi connectivity index (χ2n) is 18.1. The minimum absolute atomic E-state index is 0.303. The molecule has 1 aliphatic carbocycles. The maximum atomic E-state index is 2.51. The predicted molar refractivity (Wildman–Crippen MR) is 278 cm³/mol. The van der Waals surface area contributed by atoms with E-state index in [2.05, 4.69) is 254 Å². The van der Waals surface area contributed by atoms with Crippen LogP contribution in [0.2, 0.25) is 0 Å². The van der Waals surface area contributed by atoms with E-state index < -0.39 is 0 Å². The molecule has 0 amide bonds. The summed E-state index contributed by atoms with van der Waals surface area (Å²) in [6.45, 7) is 4.82. The number of anilines is 6. The Morgan fingerprint density at radius 1 is 0.262 bits per heavy atom. The van der Waals surface area contributed by atoms with Gasteiger partial charge in [0.15, 0.2) is 0 Å². The standard InChI is InChI=1S/C63H44N2/c1-63(2)57-39-45(64(59-31-15-21-41-17-3-9-25-49(41)59)61-37-43-19-5-7-23-47(43)51-27-11-13-29-55(51)61)33-35-53(57)54-36-34-46(40-58(54)63)65(60-32-16-22-42-18-4-10-26-50(42)60)62-38-44-20-6-8-24-48(44)52-28-12-14-30-56(52)62/h3-40H,1-2H3. The van der Waals surface area contributed by atoms with Gasteiger partial charge in [-0.15, -0.1) is 0 Å². The molecule has 0 spiro atoms. The van der Waals surface area contributed by atoms with Gasteiger partial charge in [-0.2, -0.15) is 0 Å². The van der Waals surface area contributed by atoms with E-state index in [1.165, 1.54) is 98.3 Å². The lowest BCUT2D eigenvalue weighted by Gasteiger charge is -2.31.